The minimum Gasteiger partial charge on any atom is -0.462 e. The van der Waals surface area contributed by atoms with Crippen LogP contribution < -0.4 is 0 Å². The third kappa shape index (κ3) is 5.91. The minimum absolute atomic E-state index is 0.174. The summed E-state index contributed by atoms with van der Waals surface area (Å²) in [6, 6.07) is 0. The van der Waals surface area contributed by atoms with Crippen LogP contribution in [0.25, 0.3) is 0 Å². The maximum atomic E-state index is 12.9. The summed E-state index contributed by atoms with van der Waals surface area (Å²) in [7, 11) is 0. The van der Waals surface area contributed by atoms with Crippen molar-refractivity contribution in [1.82, 2.24) is 0 Å². The lowest BCUT2D eigenvalue weighted by Crippen LogP contribution is -2.24. The molecule has 0 N–H and O–H groups in total. The van der Waals surface area contributed by atoms with E-state index in [1.165, 1.54) is 0 Å². The molecule has 0 aromatic heterocycles. The lowest BCUT2D eigenvalue weighted by atomic mass is 10.1. The van der Waals surface area contributed by atoms with Crippen LogP contribution in [0.2, 0.25) is 0 Å². The number of ether oxygens (including phenoxy) is 2. The zero-order valence-corrected chi connectivity index (χ0v) is 9.09. The van der Waals surface area contributed by atoms with E-state index >= 15 is 0 Å². The first-order valence-electron chi connectivity index (χ1n) is 5.04. The van der Waals surface area contributed by atoms with E-state index in [9.17, 15) is 9.18 Å². The van der Waals surface area contributed by atoms with E-state index < -0.39 is 12.3 Å². The van der Waals surface area contributed by atoms with Crippen LogP contribution in [0.5, 0.6) is 0 Å². The van der Waals surface area contributed by atoms with E-state index in [-0.39, 0.29) is 19.1 Å². The average molecular weight is 206 g/mol. The van der Waals surface area contributed by atoms with Crippen LogP contribution in [-0.4, -0.2) is 25.5 Å². The monoisotopic (exact) mass is 206 g/mol. The van der Waals surface area contributed by atoms with E-state index in [4.69, 9.17) is 4.74 Å². The van der Waals surface area contributed by atoms with Crippen molar-refractivity contribution < 1.29 is 18.7 Å². The Labute approximate surface area is 84.6 Å². The van der Waals surface area contributed by atoms with Crippen LogP contribution >= 0.6 is 0 Å². The zero-order chi connectivity index (χ0) is 11.0. The Morgan fingerprint density at radius 1 is 1.43 bits per heavy atom. The molecule has 3 nitrogen and oxygen atoms in total. The highest BCUT2D eigenvalue weighted by Crippen LogP contribution is 2.08. The van der Waals surface area contributed by atoms with Gasteiger partial charge in [0.2, 0.25) is 0 Å². The van der Waals surface area contributed by atoms with Crippen molar-refractivity contribution in [1.29, 1.82) is 0 Å². The molecule has 0 saturated carbocycles. The van der Waals surface area contributed by atoms with Gasteiger partial charge in [-0.1, -0.05) is 20.3 Å². The highest BCUT2D eigenvalue weighted by atomic mass is 19.1. The van der Waals surface area contributed by atoms with Gasteiger partial charge < -0.3 is 9.47 Å². The van der Waals surface area contributed by atoms with Gasteiger partial charge in [-0.3, -0.25) is 0 Å². The normalized spacial score (nSPS) is 14.9. The molecule has 0 radical (unpaired) electrons. The van der Waals surface area contributed by atoms with Crippen molar-refractivity contribution in [3.8, 4) is 0 Å². The summed E-state index contributed by atoms with van der Waals surface area (Å²) >= 11 is 0. The maximum Gasteiger partial charge on any atom is 0.368 e. The smallest absolute Gasteiger partial charge is 0.368 e. The van der Waals surface area contributed by atoms with Crippen molar-refractivity contribution in [3.05, 3.63) is 0 Å². The summed E-state index contributed by atoms with van der Waals surface area (Å²) in [5.41, 5.74) is 0. The van der Waals surface area contributed by atoms with E-state index in [0.29, 0.717) is 0 Å². The third-order valence-corrected chi connectivity index (χ3v) is 1.78. The van der Waals surface area contributed by atoms with Crippen LogP contribution in [-0.2, 0) is 14.3 Å². The number of rotatable bonds is 7. The predicted octanol–water partition coefficient (Wildman–Crippen LogP) is 2.30. The molecule has 0 bridgehead atoms. The Balaban J connectivity index is 3.61. The molecule has 0 spiro atoms. The van der Waals surface area contributed by atoms with Gasteiger partial charge >= 0.3 is 5.97 Å². The van der Waals surface area contributed by atoms with Gasteiger partial charge in [0.1, 0.15) is 0 Å². The SMILES string of the molecule is CCCC(C)COC(F)C(=O)OCC. The highest BCUT2D eigenvalue weighted by molar-refractivity contribution is 5.72. The number of esters is 1. The number of hydrogen-bond donors (Lipinski definition) is 0. The Morgan fingerprint density at radius 3 is 2.57 bits per heavy atom. The van der Waals surface area contributed by atoms with E-state index in [1.807, 2.05) is 6.92 Å². The van der Waals surface area contributed by atoms with Gasteiger partial charge in [-0.15, -0.1) is 0 Å². The second-order valence-corrected chi connectivity index (χ2v) is 3.30. The molecular weight excluding hydrogens is 187 g/mol. The zero-order valence-electron chi connectivity index (χ0n) is 9.09. The lowest BCUT2D eigenvalue weighted by Gasteiger charge is -2.12. The largest absolute Gasteiger partial charge is 0.462 e. The molecule has 0 aliphatic rings. The van der Waals surface area contributed by atoms with Crippen LogP contribution in [0.1, 0.15) is 33.6 Å². The Morgan fingerprint density at radius 2 is 2.07 bits per heavy atom. The fraction of sp³-hybridized carbons (Fsp3) is 0.900. The molecule has 14 heavy (non-hydrogen) atoms. The predicted molar refractivity (Wildman–Crippen MR) is 51.6 cm³/mol. The van der Waals surface area contributed by atoms with Crippen LogP contribution in [0, 0.1) is 5.92 Å². The topological polar surface area (TPSA) is 35.5 Å². The molecule has 0 fully saturated rings. The molecule has 84 valence electrons. The quantitative estimate of drug-likeness (QED) is 0.599. The average Bonchev–Trinajstić information content (AvgIpc) is 2.15. The number of carbonyl (C=O) groups excluding carboxylic acids is 1. The van der Waals surface area contributed by atoms with Crippen molar-refractivity contribution in [2.24, 2.45) is 5.92 Å². The third-order valence-electron chi connectivity index (χ3n) is 1.78. The summed E-state index contributed by atoms with van der Waals surface area (Å²) < 4.78 is 22.1. The van der Waals surface area contributed by atoms with Gasteiger partial charge in [-0.2, -0.15) is 0 Å². The summed E-state index contributed by atoms with van der Waals surface area (Å²) in [5, 5.41) is 0. The van der Waals surface area contributed by atoms with E-state index in [2.05, 4.69) is 11.7 Å². The highest BCUT2D eigenvalue weighted by Gasteiger charge is 2.19. The van der Waals surface area contributed by atoms with Crippen LogP contribution in [0.3, 0.4) is 0 Å². The molecule has 0 heterocycles. The van der Waals surface area contributed by atoms with Crippen molar-refractivity contribution in [3.63, 3.8) is 0 Å². The molecular formula is C10H19FO3. The summed E-state index contributed by atoms with van der Waals surface area (Å²) in [5.74, 6) is -0.663. The van der Waals surface area contributed by atoms with E-state index in [0.717, 1.165) is 12.8 Å². The first-order valence-corrected chi connectivity index (χ1v) is 5.04. The van der Waals surface area contributed by atoms with Crippen molar-refractivity contribution >= 4 is 5.97 Å². The van der Waals surface area contributed by atoms with E-state index in [1.54, 1.807) is 6.92 Å². The number of alkyl halides is 1. The second-order valence-electron chi connectivity index (χ2n) is 3.30. The molecule has 2 atom stereocenters. The molecule has 0 saturated heterocycles. The van der Waals surface area contributed by atoms with Crippen molar-refractivity contribution in [2.45, 2.75) is 40.0 Å². The number of carbonyl (C=O) groups is 1. The standard InChI is InChI=1S/C10H19FO3/c1-4-6-8(3)7-14-9(11)10(12)13-5-2/h8-9H,4-7H2,1-3H3. The summed E-state index contributed by atoms with van der Waals surface area (Å²) in [4.78, 5) is 10.8. The number of halogens is 1. The number of hydrogen-bond acceptors (Lipinski definition) is 3. The van der Waals surface area contributed by atoms with Gasteiger partial charge in [-0.05, 0) is 19.3 Å². The first kappa shape index (κ1) is 13.4. The Hall–Kier alpha value is -0.640. The second kappa shape index (κ2) is 7.74. The fourth-order valence-electron chi connectivity index (χ4n) is 1.10. The molecule has 4 heteroatoms. The van der Waals surface area contributed by atoms with Gasteiger partial charge in [-0.25, -0.2) is 9.18 Å². The van der Waals surface area contributed by atoms with Crippen LogP contribution in [0.4, 0.5) is 4.39 Å². The molecule has 0 amide bonds. The summed E-state index contributed by atoms with van der Waals surface area (Å²) in [6.45, 7) is 6.07. The van der Waals surface area contributed by atoms with Crippen LogP contribution in [0.15, 0.2) is 0 Å². The van der Waals surface area contributed by atoms with Gasteiger partial charge in [0, 0.05) is 0 Å². The lowest BCUT2D eigenvalue weighted by molar-refractivity contribution is -0.170. The maximum absolute atomic E-state index is 12.9. The molecule has 0 rings (SSSR count). The Bertz CT molecular complexity index is 161. The fourth-order valence-corrected chi connectivity index (χ4v) is 1.10. The molecule has 0 aromatic carbocycles. The van der Waals surface area contributed by atoms with Gasteiger partial charge in [0.05, 0.1) is 13.2 Å². The Kier molecular flexibility index (Phi) is 7.38. The molecule has 0 aromatic rings. The molecule has 0 aliphatic carbocycles. The van der Waals surface area contributed by atoms with Gasteiger partial charge in [0.25, 0.3) is 6.36 Å². The van der Waals surface area contributed by atoms with Gasteiger partial charge in [0.15, 0.2) is 0 Å². The minimum atomic E-state index is -1.94. The molecule has 2 unspecified atom stereocenters. The molecule has 0 aliphatic heterocycles. The van der Waals surface area contributed by atoms with Crippen molar-refractivity contribution in [2.75, 3.05) is 13.2 Å². The first-order chi connectivity index (χ1) is 6.61. The summed E-state index contributed by atoms with van der Waals surface area (Å²) in [6.07, 6.45) is 0.0606.